The minimum Gasteiger partial charge on any atom is -0.388 e. The van der Waals surface area contributed by atoms with Crippen molar-refractivity contribution >= 4 is 41.3 Å². The number of nitrogens with one attached hydrogen (secondary N) is 2. The van der Waals surface area contributed by atoms with E-state index in [9.17, 15) is 5.11 Å². The van der Waals surface area contributed by atoms with Crippen LogP contribution in [0.2, 0.25) is 0 Å². The topological polar surface area (TPSA) is 59.9 Å². The third kappa shape index (κ3) is 7.55. The van der Waals surface area contributed by atoms with Crippen LogP contribution in [0.25, 0.3) is 0 Å². The molecule has 0 bridgehead atoms. The van der Waals surface area contributed by atoms with Crippen LogP contribution in [0.3, 0.4) is 0 Å². The highest BCUT2D eigenvalue weighted by molar-refractivity contribution is 14.0. The largest absolute Gasteiger partial charge is 0.388 e. The number of guanidine groups is 1. The lowest BCUT2D eigenvalue weighted by Gasteiger charge is -2.25. The number of hydrogen-bond acceptors (Lipinski definition) is 4. The van der Waals surface area contributed by atoms with Crippen LogP contribution < -0.4 is 10.6 Å². The van der Waals surface area contributed by atoms with Gasteiger partial charge in [-0.2, -0.15) is 0 Å². The maximum atomic E-state index is 10.3. The summed E-state index contributed by atoms with van der Waals surface area (Å²) in [5, 5.41) is 19.2. The Labute approximate surface area is 195 Å². The van der Waals surface area contributed by atoms with E-state index < -0.39 is 6.10 Å². The average Bonchev–Trinajstić information content (AvgIpc) is 3.43. The molecule has 29 heavy (non-hydrogen) atoms. The standard InChI is InChI=1S/C22H32N4OS.HI/c1-2-23-22(24-13-12-20(27)18-9-4-3-5-10-18)25-17-19(21-11-8-16-28-21)26-14-6-7-15-26;/h3-5,8-11,16,19-20,27H,2,6-7,12-15,17H2,1H3,(H2,23,24,25);1H. The molecule has 1 aromatic heterocycles. The van der Waals surface area contributed by atoms with E-state index in [2.05, 4.69) is 40.0 Å². The predicted octanol–water partition coefficient (Wildman–Crippen LogP) is 4.18. The third-order valence-electron chi connectivity index (χ3n) is 5.11. The number of hydrogen-bond donors (Lipinski definition) is 3. The summed E-state index contributed by atoms with van der Waals surface area (Å²) in [4.78, 5) is 8.81. The number of halogens is 1. The van der Waals surface area contributed by atoms with Crippen LogP contribution in [-0.4, -0.2) is 48.7 Å². The minimum atomic E-state index is -0.458. The first-order valence-corrected chi connectivity index (χ1v) is 11.2. The van der Waals surface area contributed by atoms with E-state index in [1.54, 1.807) is 0 Å². The van der Waals surface area contributed by atoms with E-state index in [1.807, 2.05) is 41.7 Å². The van der Waals surface area contributed by atoms with Gasteiger partial charge in [0.2, 0.25) is 0 Å². The molecule has 3 N–H and O–H groups in total. The fraction of sp³-hybridized carbons (Fsp3) is 0.500. The van der Waals surface area contributed by atoms with E-state index >= 15 is 0 Å². The van der Waals surface area contributed by atoms with E-state index in [0.29, 0.717) is 19.0 Å². The molecule has 1 fully saturated rings. The molecule has 1 saturated heterocycles. The highest BCUT2D eigenvalue weighted by Crippen LogP contribution is 2.28. The molecule has 0 spiro atoms. The lowest BCUT2D eigenvalue weighted by atomic mass is 10.1. The SMILES string of the molecule is CCNC(=NCC(c1cccs1)N1CCCC1)NCCC(O)c1ccccc1.I. The first-order valence-electron chi connectivity index (χ1n) is 10.3. The quantitative estimate of drug-likeness (QED) is 0.260. The highest BCUT2D eigenvalue weighted by Gasteiger charge is 2.24. The second-order valence-corrected chi connectivity index (χ2v) is 8.12. The number of aliphatic hydroxyl groups is 1. The van der Waals surface area contributed by atoms with Crippen molar-refractivity contribution in [1.82, 2.24) is 15.5 Å². The lowest BCUT2D eigenvalue weighted by molar-refractivity contribution is 0.168. The Kier molecular flexibility index (Phi) is 11.0. The van der Waals surface area contributed by atoms with E-state index in [1.165, 1.54) is 17.7 Å². The zero-order chi connectivity index (χ0) is 19.6. The summed E-state index contributed by atoms with van der Waals surface area (Å²) < 4.78 is 0. The first-order chi connectivity index (χ1) is 13.8. The van der Waals surface area contributed by atoms with Crippen molar-refractivity contribution in [3.05, 3.63) is 58.3 Å². The normalized spacial score (nSPS) is 16.8. The molecular formula is C22H33IN4OS. The molecule has 0 saturated carbocycles. The Morgan fingerprint density at radius 3 is 2.55 bits per heavy atom. The maximum Gasteiger partial charge on any atom is 0.191 e. The summed E-state index contributed by atoms with van der Waals surface area (Å²) in [5.41, 5.74) is 0.957. The van der Waals surface area contributed by atoms with Crippen LogP contribution in [0, 0.1) is 0 Å². The predicted molar refractivity (Wildman–Crippen MR) is 133 cm³/mol. The lowest BCUT2D eigenvalue weighted by Crippen LogP contribution is -2.39. The molecule has 5 nitrogen and oxygen atoms in total. The summed E-state index contributed by atoms with van der Waals surface area (Å²) >= 11 is 1.82. The van der Waals surface area contributed by atoms with Crippen molar-refractivity contribution in [2.75, 3.05) is 32.7 Å². The van der Waals surface area contributed by atoms with Gasteiger partial charge in [0.25, 0.3) is 0 Å². The average molecular weight is 529 g/mol. The van der Waals surface area contributed by atoms with Gasteiger partial charge in [0.1, 0.15) is 0 Å². The van der Waals surface area contributed by atoms with E-state index in [-0.39, 0.29) is 24.0 Å². The van der Waals surface area contributed by atoms with Gasteiger partial charge < -0.3 is 15.7 Å². The van der Waals surface area contributed by atoms with Gasteiger partial charge in [0.05, 0.1) is 18.7 Å². The van der Waals surface area contributed by atoms with Gasteiger partial charge in [-0.15, -0.1) is 35.3 Å². The number of aliphatic imine (C=N–C) groups is 1. The molecular weight excluding hydrogens is 495 g/mol. The highest BCUT2D eigenvalue weighted by atomic mass is 127. The van der Waals surface area contributed by atoms with Gasteiger partial charge in [-0.1, -0.05) is 36.4 Å². The Bertz CT molecular complexity index is 705. The molecule has 0 aliphatic carbocycles. The fourth-order valence-corrected chi connectivity index (χ4v) is 4.46. The van der Waals surface area contributed by atoms with Crippen LogP contribution in [0.15, 0.2) is 52.8 Å². The van der Waals surface area contributed by atoms with Crippen LogP contribution >= 0.6 is 35.3 Å². The van der Waals surface area contributed by atoms with Crippen LogP contribution in [0.4, 0.5) is 0 Å². The summed E-state index contributed by atoms with van der Waals surface area (Å²) in [6, 6.07) is 14.5. The molecule has 2 heterocycles. The Hall–Kier alpha value is -1.16. The number of rotatable bonds is 9. The zero-order valence-electron chi connectivity index (χ0n) is 17.1. The van der Waals surface area contributed by atoms with Crippen LogP contribution in [0.5, 0.6) is 0 Å². The number of nitrogens with zero attached hydrogens (tertiary/aromatic N) is 2. The summed E-state index contributed by atoms with van der Waals surface area (Å²) in [6.45, 7) is 6.64. The second kappa shape index (κ2) is 13.2. The van der Waals surface area contributed by atoms with Crippen molar-refractivity contribution in [3.8, 4) is 0 Å². The van der Waals surface area contributed by atoms with E-state index in [4.69, 9.17) is 4.99 Å². The van der Waals surface area contributed by atoms with Gasteiger partial charge in [0, 0.05) is 18.0 Å². The second-order valence-electron chi connectivity index (χ2n) is 7.14. The van der Waals surface area contributed by atoms with E-state index in [0.717, 1.165) is 37.7 Å². The number of thiophene rings is 1. The van der Waals surface area contributed by atoms with Gasteiger partial charge >= 0.3 is 0 Å². The Morgan fingerprint density at radius 1 is 1.14 bits per heavy atom. The molecule has 2 aromatic rings. The van der Waals surface area contributed by atoms with Gasteiger partial charge in [-0.25, -0.2) is 0 Å². The molecule has 2 unspecified atom stereocenters. The molecule has 160 valence electrons. The molecule has 0 radical (unpaired) electrons. The number of aliphatic hydroxyl groups excluding tert-OH is 1. The summed E-state index contributed by atoms with van der Waals surface area (Å²) in [5.74, 6) is 0.823. The summed E-state index contributed by atoms with van der Waals surface area (Å²) in [7, 11) is 0. The van der Waals surface area contributed by atoms with Gasteiger partial charge in [-0.05, 0) is 56.3 Å². The van der Waals surface area contributed by atoms with Crippen molar-refractivity contribution in [2.24, 2.45) is 4.99 Å². The summed E-state index contributed by atoms with van der Waals surface area (Å²) in [6.07, 6.45) is 2.75. The molecule has 1 aromatic carbocycles. The molecule has 0 amide bonds. The van der Waals surface area contributed by atoms with Crippen molar-refractivity contribution in [3.63, 3.8) is 0 Å². The molecule has 2 atom stereocenters. The van der Waals surface area contributed by atoms with Crippen molar-refractivity contribution in [1.29, 1.82) is 0 Å². The smallest absolute Gasteiger partial charge is 0.191 e. The van der Waals surface area contributed by atoms with Crippen molar-refractivity contribution < 1.29 is 5.11 Å². The van der Waals surface area contributed by atoms with Crippen LogP contribution in [0.1, 0.15) is 48.8 Å². The van der Waals surface area contributed by atoms with Crippen LogP contribution in [-0.2, 0) is 0 Å². The fourth-order valence-electron chi connectivity index (χ4n) is 3.61. The number of likely N-dealkylation sites (tertiary alicyclic amines) is 1. The third-order valence-corrected chi connectivity index (χ3v) is 6.09. The van der Waals surface area contributed by atoms with Crippen molar-refractivity contribution in [2.45, 2.75) is 38.3 Å². The first kappa shape index (κ1) is 24.1. The Morgan fingerprint density at radius 2 is 1.90 bits per heavy atom. The molecule has 1 aliphatic heterocycles. The molecule has 3 rings (SSSR count). The zero-order valence-corrected chi connectivity index (χ0v) is 20.2. The van der Waals surface area contributed by atoms with Gasteiger partial charge in [0.15, 0.2) is 5.96 Å². The van der Waals surface area contributed by atoms with Gasteiger partial charge in [-0.3, -0.25) is 9.89 Å². The molecule has 7 heteroatoms. The number of benzene rings is 1. The Balaban J connectivity index is 0.00000300. The molecule has 1 aliphatic rings. The maximum absolute atomic E-state index is 10.3. The minimum absolute atomic E-state index is 0. The monoisotopic (exact) mass is 528 g/mol.